The van der Waals surface area contributed by atoms with Crippen molar-refractivity contribution in [3.8, 4) is 11.4 Å². The fraction of sp³-hybridized carbons (Fsp3) is 0.261. The van der Waals surface area contributed by atoms with E-state index in [1.807, 2.05) is 49.4 Å². The molecule has 3 aromatic rings. The zero-order chi connectivity index (χ0) is 21.1. The van der Waals surface area contributed by atoms with Crippen LogP contribution in [0, 0.1) is 6.92 Å². The molecule has 7 nitrogen and oxygen atoms in total. The van der Waals surface area contributed by atoms with Crippen LogP contribution < -0.4 is 15.2 Å². The first-order valence-electron chi connectivity index (χ1n) is 9.92. The van der Waals surface area contributed by atoms with Crippen molar-refractivity contribution in [1.29, 1.82) is 0 Å². The molecule has 0 radical (unpaired) electrons. The van der Waals surface area contributed by atoms with E-state index in [4.69, 9.17) is 4.74 Å². The Morgan fingerprint density at radius 1 is 0.967 bits per heavy atom. The molecule has 1 saturated heterocycles. The number of hydrogen-bond acceptors (Lipinski definition) is 5. The van der Waals surface area contributed by atoms with Crippen LogP contribution in [0.2, 0.25) is 0 Å². The van der Waals surface area contributed by atoms with Crippen LogP contribution in [0.15, 0.2) is 65.5 Å². The number of carbonyl (C=O) groups excluding carboxylic acids is 1. The Bertz CT molecular complexity index is 1100. The molecule has 0 N–H and O–H groups in total. The lowest BCUT2D eigenvalue weighted by Crippen LogP contribution is -2.49. The number of piperazine rings is 1. The van der Waals surface area contributed by atoms with Gasteiger partial charge in [-0.1, -0.05) is 36.4 Å². The van der Waals surface area contributed by atoms with Crippen LogP contribution in [0.25, 0.3) is 5.69 Å². The Kier molecular flexibility index (Phi) is 5.52. The topological polar surface area (TPSA) is 67.7 Å². The summed E-state index contributed by atoms with van der Waals surface area (Å²) in [5.74, 6) is -0.0396. The molecule has 7 heteroatoms. The molecule has 4 rings (SSSR count). The molecule has 0 bridgehead atoms. The molecule has 0 aliphatic carbocycles. The van der Waals surface area contributed by atoms with Crippen molar-refractivity contribution in [2.45, 2.75) is 6.92 Å². The van der Waals surface area contributed by atoms with Crippen LogP contribution in [0.1, 0.15) is 16.1 Å². The zero-order valence-corrected chi connectivity index (χ0v) is 17.1. The molecule has 154 valence electrons. The SMILES string of the molecule is COc1cc(=O)n(-c2ccccc2C)nc1C(=O)N1CCN(c2ccccc2)CC1. The molecular formula is C23H24N4O3. The van der Waals surface area contributed by atoms with Crippen LogP contribution in [0.4, 0.5) is 5.69 Å². The van der Waals surface area contributed by atoms with Crippen molar-refractivity contribution < 1.29 is 9.53 Å². The van der Waals surface area contributed by atoms with Gasteiger partial charge in [0.15, 0.2) is 11.4 Å². The maximum absolute atomic E-state index is 13.3. The highest BCUT2D eigenvalue weighted by Gasteiger charge is 2.27. The monoisotopic (exact) mass is 404 g/mol. The zero-order valence-electron chi connectivity index (χ0n) is 17.1. The van der Waals surface area contributed by atoms with Gasteiger partial charge >= 0.3 is 0 Å². The molecule has 0 spiro atoms. The van der Waals surface area contributed by atoms with Crippen molar-refractivity contribution in [1.82, 2.24) is 14.7 Å². The van der Waals surface area contributed by atoms with E-state index in [1.54, 1.807) is 4.90 Å². The maximum atomic E-state index is 13.3. The second-order valence-corrected chi connectivity index (χ2v) is 7.21. The minimum Gasteiger partial charge on any atom is -0.494 e. The minimum absolute atomic E-state index is 0.147. The van der Waals surface area contributed by atoms with Crippen molar-refractivity contribution in [2.24, 2.45) is 0 Å². The second kappa shape index (κ2) is 8.41. The van der Waals surface area contributed by atoms with E-state index < -0.39 is 0 Å². The number of aromatic nitrogens is 2. The number of para-hydroxylation sites is 2. The molecule has 1 aliphatic heterocycles. The van der Waals surface area contributed by atoms with Crippen LogP contribution in [-0.4, -0.2) is 53.9 Å². The Morgan fingerprint density at radius 3 is 2.30 bits per heavy atom. The Labute approximate surface area is 175 Å². The van der Waals surface area contributed by atoms with Gasteiger partial charge in [-0.3, -0.25) is 9.59 Å². The van der Waals surface area contributed by atoms with Gasteiger partial charge in [-0.15, -0.1) is 0 Å². The fourth-order valence-corrected chi connectivity index (χ4v) is 3.67. The lowest BCUT2D eigenvalue weighted by atomic mass is 10.2. The van der Waals surface area contributed by atoms with Crippen molar-refractivity contribution >= 4 is 11.6 Å². The number of benzene rings is 2. The number of hydrogen-bond donors (Lipinski definition) is 0. The normalized spacial score (nSPS) is 13.9. The van der Waals surface area contributed by atoms with Crippen LogP contribution in [0.5, 0.6) is 5.75 Å². The Balaban J connectivity index is 1.60. The minimum atomic E-state index is -0.341. The first-order valence-corrected chi connectivity index (χ1v) is 9.92. The van der Waals surface area contributed by atoms with Crippen LogP contribution in [-0.2, 0) is 0 Å². The molecule has 1 fully saturated rings. The van der Waals surface area contributed by atoms with Crippen molar-refractivity contribution in [2.75, 3.05) is 38.2 Å². The summed E-state index contributed by atoms with van der Waals surface area (Å²) in [7, 11) is 1.44. The Hall–Kier alpha value is -3.61. The number of rotatable bonds is 4. The van der Waals surface area contributed by atoms with Gasteiger partial charge < -0.3 is 14.5 Å². The quantitative estimate of drug-likeness (QED) is 0.668. The van der Waals surface area contributed by atoms with Gasteiger partial charge in [-0.25, -0.2) is 0 Å². The van der Waals surface area contributed by atoms with Gasteiger partial charge in [-0.2, -0.15) is 9.78 Å². The van der Waals surface area contributed by atoms with E-state index in [1.165, 1.54) is 17.9 Å². The third kappa shape index (κ3) is 3.78. The molecule has 1 aliphatic rings. The molecule has 2 aromatic carbocycles. The first kappa shape index (κ1) is 19.7. The average Bonchev–Trinajstić information content (AvgIpc) is 2.79. The van der Waals surface area contributed by atoms with Gasteiger partial charge in [0.2, 0.25) is 0 Å². The van der Waals surface area contributed by atoms with Crippen molar-refractivity contribution in [3.63, 3.8) is 0 Å². The number of anilines is 1. The number of methoxy groups -OCH3 is 1. The van der Waals surface area contributed by atoms with E-state index in [9.17, 15) is 9.59 Å². The van der Waals surface area contributed by atoms with Gasteiger partial charge in [0, 0.05) is 31.9 Å². The number of aryl methyl sites for hydroxylation is 1. The molecular weight excluding hydrogens is 380 g/mol. The summed E-state index contributed by atoms with van der Waals surface area (Å²) in [5.41, 5.74) is 2.49. The number of amides is 1. The molecule has 0 unspecified atom stereocenters. The highest BCUT2D eigenvalue weighted by Crippen LogP contribution is 2.20. The molecule has 1 amide bonds. The fourth-order valence-electron chi connectivity index (χ4n) is 3.67. The molecule has 0 atom stereocenters. The number of nitrogens with zero attached hydrogens (tertiary/aromatic N) is 4. The van der Waals surface area contributed by atoms with Gasteiger partial charge in [0.1, 0.15) is 0 Å². The first-order chi connectivity index (χ1) is 14.6. The molecule has 1 aromatic heterocycles. The van der Waals surface area contributed by atoms with Gasteiger partial charge in [-0.05, 0) is 30.7 Å². The highest BCUT2D eigenvalue weighted by atomic mass is 16.5. The third-order valence-electron chi connectivity index (χ3n) is 5.35. The third-order valence-corrected chi connectivity index (χ3v) is 5.35. The highest BCUT2D eigenvalue weighted by molar-refractivity contribution is 5.95. The lowest BCUT2D eigenvalue weighted by molar-refractivity contribution is 0.0734. The smallest absolute Gasteiger partial charge is 0.278 e. The van der Waals surface area contributed by atoms with E-state index in [0.29, 0.717) is 18.8 Å². The summed E-state index contributed by atoms with van der Waals surface area (Å²) in [6.45, 7) is 4.51. The second-order valence-electron chi connectivity index (χ2n) is 7.21. The maximum Gasteiger partial charge on any atom is 0.278 e. The van der Waals surface area contributed by atoms with Gasteiger partial charge in [0.25, 0.3) is 11.5 Å². The van der Waals surface area contributed by atoms with E-state index in [0.717, 1.165) is 24.3 Å². The summed E-state index contributed by atoms with van der Waals surface area (Å²) < 4.78 is 6.59. The van der Waals surface area contributed by atoms with E-state index in [-0.39, 0.29) is 22.9 Å². The van der Waals surface area contributed by atoms with Crippen LogP contribution >= 0.6 is 0 Å². The standard InChI is InChI=1S/C23H24N4O3/c1-17-8-6-7-11-19(17)27-21(28)16-20(30-2)22(24-27)23(29)26-14-12-25(13-15-26)18-9-4-3-5-10-18/h3-11,16H,12-15H2,1-2H3. The summed E-state index contributed by atoms with van der Waals surface area (Å²) in [4.78, 5) is 29.9. The van der Waals surface area contributed by atoms with Crippen LogP contribution in [0.3, 0.4) is 0 Å². The number of ether oxygens (including phenoxy) is 1. The summed E-state index contributed by atoms with van der Waals surface area (Å²) >= 11 is 0. The number of carbonyl (C=O) groups is 1. The largest absolute Gasteiger partial charge is 0.494 e. The van der Waals surface area contributed by atoms with Gasteiger partial charge in [0.05, 0.1) is 18.9 Å². The predicted octanol–water partition coefficient (Wildman–Crippen LogP) is 2.51. The molecule has 0 saturated carbocycles. The predicted molar refractivity (Wildman–Crippen MR) is 116 cm³/mol. The molecule has 30 heavy (non-hydrogen) atoms. The molecule has 2 heterocycles. The Morgan fingerprint density at radius 2 is 1.63 bits per heavy atom. The summed E-state index contributed by atoms with van der Waals surface area (Å²) in [5, 5.41) is 4.40. The van der Waals surface area contributed by atoms with E-state index >= 15 is 0 Å². The summed E-state index contributed by atoms with van der Waals surface area (Å²) in [6.07, 6.45) is 0. The van der Waals surface area contributed by atoms with Crippen molar-refractivity contribution in [3.05, 3.63) is 82.3 Å². The van der Waals surface area contributed by atoms with E-state index in [2.05, 4.69) is 22.1 Å². The summed E-state index contributed by atoms with van der Waals surface area (Å²) in [6, 6.07) is 18.9. The lowest BCUT2D eigenvalue weighted by Gasteiger charge is -2.36. The average molecular weight is 404 g/mol.